The third-order valence-corrected chi connectivity index (χ3v) is 10.3. The van der Waals surface area contributed by atoms with Crippen molar-refractivity contribution in [3.05, 3.63) is 145 Å². The molecule has 6 aromatic rings. The van der Waals surface area contributed by atoms with Crippen LogP contribution in [0.1, 0.15) is 80.4 Å². The zero-order valence-corrected chi connectivity index (χ0v) is 34.2. The Bertz CT molecular complexity index is 2680. The van der Waals surface area contributed by atoms with E-state index in [1.807, 2.05) is 82.0 Å². The molecule has 0 amide bonds. The minimum Gasteiger partial charge on any atom is -0.296 e. The van der Waals surface area contributed by atoms with Crippen LogP contribution in [-0.4, -0.2) is 29.1 Å². The first kappa shape index (κ1) is 41.4. The van der Waals surface area contributed by atoms with Gasteiger partial charge in [0.1, 0.15) is 39.8 Å². The largest absolute Gasteiger partial charge is 0.296 e. The molecule has 56 heavy (non-hydrogen) atoms. The van der Waals surface area contributed by atoms with E-state index >= 15 is 0 Å². The van der Waals surface area contributed by atoms with Crippen LogP contribution in [0.25, 0.3) is 40.0 Å². The zero-order valence-electron chi connectivity index (χ0n) is 31.8. The van der Waals surface area contributed by atoms with Crippen LogP contribution in [0.2, 0.25) is 0 Å². The van der Waals surface area contributed by atoms with Gasteiger partial charge in [-0.05, 0) is 105 Å². The molecule has 0 atom stereocenters. The summed E-state index contributed by atoms with van der Waals surface area (Å²) in [6.07, 6.45) is 9.24. The maximum Gasteiger partial charge on any atom is 0.261 e. The molecule has 6 heterocycles. The Morgan fingerprint density at radius 2 is 1.20 bits per heavy atom. The van der Waals surface area contributed by atoms with E-state index in [0.29, 0.717) is 26.8 Å². The number of nitriles is 2. The summed E-state index contributed by atoms with van der Waals surface area (Å²) in [6, 6.07) is 25.9. The summed E-state index contributed by atoms with van der Waals surface area (Å²) >= 11 is 3.14. The lowest BCUT2D eigenvalue weighted by molar-refractivity contribution is 0.261. The molecule has 284 valence electrons. The average Bonchev–Trinajstić information content (AvgIpc) is 3.16. The summed E-state index contributed by atoms with van der Waals surface area (Å²) < 4.78 is 4.35. The number of nitrogens with zero attached hydrogens (tertiary/aromatic N) is 8. The van der Waals surface area contributed by atoms with Gasteiger partial charge in [0.25, 0.3) is 11.1 Å². The minimum atomic E-state index is 0. The molecule has 8 rings (SSSR count). The molecule has 2 aliphatic heterocycles. The molecule has 12 heteroatoms. The van der Waals surface area contributed by atoms with E-state index in [9.17, 15) is 9.59 Å². The van der Waals surface area contributed by atoms with Gasteiger partial charge in [0.15, 0.2) is 0 Å². The van der Waals surface area contributed by atoms with Gasteiger partial charge in [-0.1, -0.05) is 70.7 Å². The maximum atomic E-state index is 12.8. The van der Waals surface area contributed by atoms with Gasteiger partial charge in [0.05, 0.1) is 27.5 Å². The van der Waals surface area contributed by atoms with Crippen molar-refractivity contribution in [1.29, 1.82) is 10.5 Å². The van der Waals surface area contributed by atoms with E-state index < -0.39 is 0 Å². The van der Waals surface area contributed by atoms with E-state index in [1.165, 1.54) is 0 Å². The summed E-state index contributed by atoms with van der Waals surface area (Å²) in [7, 11) is 0. The summed E-state index contributed by atoms with van der Waals surface area (Å²) in [4.78, 5) is 42.9. The van der Waals surface area contributed by atoms with Crippen molar-refractivity contribution < 1.29 is 0 Å². The molecule has 2 aromatic carbocycles. The second kappa shape index (κ2) is 17.4. The summed E-state index contributed by atoms with van der Waals surface area (Å²) in [5, 5.41) is 18.6. The van der Waals surface area contributed by atoms with Crippen molar-refractivity contribution in [2.75, 3.05) is 0 Å². The first-order chi connectivity index (χ1) is 26.3. The van der Waals surface area contributed by atoms with Crippen LogP contribution < -0.4 is 11.1 Å². The average molecular weight is 830 g/mol. The Morgan fingerprint density at radius 1 is 0.696 bits per heavy atom. The smallest absolute Gasteiger partial charge is 0.261 e. The molecule has 10 nitrogen and oxygen atoms in total. The lowest BCUT2D eigenvalue weighted by atomic mass is 9.83. The Hall–Kier alpha value is -5.75. The fraction of sp³-hybridized carbons (Fsp3) is 0.273. The Balaban J connectivity index is 0.000000179. The highest BCUT2D eigenvalue weighted by molar-refractivity contribution is 9.10. The SMILES string of the molecule is C=Cc1ccc2c(=O)n3c(nc2c1)CC(C)(C)CC3.CC1(C)CCn2c(nc3cc(/C=C/c4cccc(C#N)n4)ccc3c2=O)C1.Cl.N#Cc1cccc(Br)n1. The quantitative estimate of drug-likeness (QED) is 0.161. The normalized spacial score (nSPS) is 14.7. The van der Waals surface area contributed by atoms with E-state index in [-0.39, 0.29) is 34.4 Å². The first-order valence-corrected chi connectivity index (χ1v) is 18.8. The van der Waals surface area contributed by atoms with Crippen LogP contribution in [-0.2, 0) is 25.9 Å². The number of pyridine rings is 2. The standard InChI is InChI=1S/C22H20N4O.C16H18N2O.C6H3BrN2.ClH/c1-22(2)10-11-26-20(13-22)25-19-12-15(7-9-18(19)21(26)27)6-8-16-4-3-5-17(14-23)24-16;1-4-11-5-6-12-13(9-11)17-14-10-16(2,3)7-8-18(14)15(12)19;7-6-3-1-2-5(4-8)9-6;/h3-9,12H,10-11,13H2,1-2H3;4-6,9H,1,7-8,10H2,2-3H3;1-3H;1H/b8-6+;;;. The lowest BCUT2D eigenvalue weighted by Crippen LogP contribution is -2.35. The third-order valence-electron chi connectivity index (χ3n) is 9.81. The molecular weight excluding hydrogens is 788 g/mol. The van der Waals surface area contributed by atoms with Crippen molar-refractivity contribution >= 4 is 68.4 Å². The van der Waals surface area contributed by atoms with E-state index in [2.05, 4.69) is 60.2 Å². The minimum absolute atomic E-state index is 0. The molecule has 0 saturated heterocycles. The molecule has 0 spiro atoms. The van der Waals surface area contributed by atoms with Gasteiger partial charge in [0, 0.05) is 25.9 Å². The molecule has 2 aliphatic rings. The number of aromatic nitrogens is 6. The van der Waals surface area contributed by atoms with E-state index in [1.54, 1.807) is 30.3 Å². The number of rotatable bonds is 3. The third kappa shape index (κ3) is 9.72. The summed E-state index contributed by atoms with van der Waals surface area (Å²) in [5.41, 5.74) is 5.52. The number of hydrogen-bond donors (Lipinski definition) is 0. The number of benzene rings is 2. The second-order valence-electron chi connectivity index (χ2n) is 15.3. The van der Waals surface area contributed by atoms with Crippen LogP contribution >= 0.6 is 28.3 Å². The Kier molecular flexibility index (Phi) is 12.8. The van der Waals surface area contributed by atoms with Crippen molar-refractivity contribution in [2.45, 2.75) is 66.5 Å². The van der Waals surface area contributed by atoms with Crippen molar-refractivity contribution in [3.8, 4) is 12.1 Å². The highest BCUT2D eigenvalue weighted by Gasteiger charge is 2.28. The maximum absolute atomic E-state index is 12.8. The van der Waals surface area contributed by atoms with Crippen molar-refractivity contribution in [3.63, 3.8) is 0 Å². The van der Waals surface area contributed by atoms with Crippen LogP contribution in [0, 0.1) is 33.5 Å². The zero-order chi connectivity index (χ0) is 39.3. The number of halogens is 2. The van der Waals surface area contributed by atoms with Crippen LogP contribution in [0.4, 0.5) is 0 Å². The molecule has 0 aliphatic carbocycles. The molecule has 0 unspecified atom stereocenters. The molecular formula is C44H42BrClN8O2. The molecule has 0 bridgehead atoms. The molecule has 4 aromatic heterocycles. The summed E-state index contributed by atoms with van der Waals surface area (Å²) in [5.74, 6) is 1.78. The fourth-order valence-electron chi connectivity index (χ4n) is 6.65. The van der Waals surface area contributed by atoms with Gasteiger partial charge in [-0.2, -0.15) is 10.5 Å². The fourth-order valence-corrected chi connectivity index (χ4v) is 6.99. The van der Waals surface area contributed by atoms with Crippen molar-refractivity contribution in [1.82, 2.24) is 29.1 Å². The monoisotopic (exact) mass is 828 g/mol. The van der Waals surface area contributed by atoms with Crippen LogP contribution in [0.15, 0.2) is 93.6 Å². The van der Waals surface area contributed by atoms with E-state index in [4.69, 9.17) is 20.5 Å². The molecule has 0 radical (unpaired) electrons. The predicted octanol–water partition coefficient (Wildman–Crippen LogP) is 8.96. The number of hydrogen-bond acceptors (Lipinski definition) is 8. The highest BCUT2D eigenvalue weighted by atomic mass is 79.9. The number of fused-ring (bicyclic) bond motifs is 4. The van der Waals surface area contributed by atoms with Gasteiger partial charge in [-0.3, -0.25) is 18.7 Å². The lowest BCUT2D eigenvalue weighted by Gasteiger charge is -2.31. The Morgan fingerprint density at radius 3 is 1.70 bits per heavy atom. The van der Waals surface area contributed by atoms with Gasteiger partial charge < -0.3 is 0 Å². The highest BCUT2D eigenvalue weighted by Crippen LogP contribution is 2.31. The predicted molar refractivity (Wildman–Crippen MR) is 228 cm³/mol. The molecule has 0 N–H and O–H groups in total. The van der Waals surface area contributed by atoms with Gasteiger partial charge in [-0.25, -0.2) is 19.9 Å². The second-order valence-corrected chi connectivity index (χ2v) is 16.1. The van der Waals surface area contributed by atoms with Crippen LogP contribution in [0.3, 0.4) is 0 Å². The van der Waals surface area contributed by atoms with Crippen molar-refractivity contribution in [2.24, 2.45) is 10.8 Å². The van der Waals surface area contributed by atoms with Crippen LogP contribution in [0.5, 0.6) is 0 Å². The van der Waals surface area contributed by atoms with E-state index in [0.717, 1.165) is 78.3 Å². The Labute approximate surface area is 340 Å². The summed E-state index contributed by atoms with van der Waals surface area (Å²) in [6.45, 7) is 14.2. The topological polar surface area (TPSA) is 143 Å². The van der Waals surface area contributed by atoms with Gasteiger partial charge in [-0.15, -0.1) is 12.4 Å². The van der Waals surface area contributed by atoms with Gasteiger partial charge >= 0.3 is 0 Å². The first-order valence-electron chi connectivity index (χ1n) is 18.1. The van der Waals surface area contributed by atoms with Gasteiger partial charge in [0.2, 0.25) is 0 Å². The molecule has 0 saturated carbocycles. The molecule has 0 fully saturated rings.